The average Bonchev–Trinajstić information content (AvgIpc) is 2.85. The SMILES string of the molecule is Cc1cccc(NC(=O)N[C@@H]2N=C(N3CCCCC3)c3ccccc3N(C)C2=O)c1. The van der Waals surface area contributed by atoms with Crippen molar-refractivity contribution in [2.75, 3.05) is 30.4 Å². The predicted octanol–water partition coefficient (Wildman–Crippen LogP) is 3.35. The summed E-state index contributed by atoms with van der Waals surface area (Å²) in [7, 11) is 1.73. The van der Waals surface area contributed by atoms with Gasteiger partial charge < -0.3 is 20.4 Å². The van der Waals surface area contributed by atoms with Crippen molar-refractivity contribution in [1.82, 2.24) is 10.2 Å². The van der Waals surface area contributed by atoms with Crippen molar-refractivity contribution in [2.45, 2.75) is 32.4 Å². The van der Waals surface area contributed by atoms with Gasteiger partial charge in [-0.25, -0.2) is 9.79 Å². The van der Waals surface area contributed by atoms with E-state index in [1.54, 1.807) is 11.9 Å². The summed E-state index contributed by atoms with van der Waals surface area (Å²) in [5.41, 5.74) is 3.43. The minimum Gasteiger partial charge on any atom is -0.356 e. The van der Waals surface area contributed by atoms with Gasteiger partial charge in [-0.15, -0.1) is 0 Å². The number of nitrogens with one attached hydrogen (secondary N) is 2. The van der Waals surface area contributed by atoms with Crippen molar-refractivity contribution < 1.29 is 9.59 Å². The molecule has 156 valence electrons. The van der Waals surface area contributed by atoms with Gasteiger partial charge in [0.1, 0.15) is 5.84 Å². The standard InChI is InChI=1S/C23H27N5O2/c1-16-9-8-10-17(15-16)24-23(30)26-20-22(29)27(2)19-12-5-4-11-18(19)21(25-20)28-13-6-3-7-14-28/h4-5,8-12,15,20H,3,6-7,13-14H2,1-2H3,(H2,24,26,30)/t20-/m0/s1. The number of carbonyl (C=O) groups is 2. The molecule has 0 unspecified atom stereocenters. The van der Waals surface area contributed by atoms with Crippen LogP contribution in [0.15, 0.2) is 53.5 Å². The van der Waals surface area contributed by atoms with Gasteiger partial charge in [0.15, 0.2) is 0 Å². The first-order chi connectivity index (χ1) is 14.5. The smallest absolute Gasteiger partial charge is 0.321 e. The lowest BCUT2D eigenvalue weighted by molar-refractivity contribution is -0.119. The molecule has 3 amide bonds. The number of aliphatic imine (C=N–C) groups is 1. The molecule has 1 atom stereocenters. The monoisotopic (exact) mass is 405 g/mol. The normalized spacial score (nSPS) is 18.9. The number of fused-ring (bicyclic) bond motifs is 1. The van der Waals surface area contributed by atoms with Crippen LogP contribution in [0.3, 0.4) is 0 Å². The molecule has 1 fully saturated rings. The third-order valence-corrected chi connectivity index (χ3v) is 5.52. The number of benzodiazepines with no additional fused rings is 1. The van der Waals surface area contributed by atoms with Crippen molar-refractivity contribution in [3.05, 3.63) is 59.7 Å². The second-order valence-electron chi connectivity index (χ2n) is 7.79. The lowest BCUT2D eigenvalue weighted by atomic mass is 10.1. The highest BCUT2D eigenvalue weighted by Crippen LogP contribution is 2.27. The van der Waals surface area contributed by atoms with Crippen LogP contribution < -0.4 is 15.5 Å². The Morgan fingerprint density at radius 2 is 1.83 bits per heavy atom. The summed E-state index contributed by atoms with van der Waals surface area (Å²) in [6.45, 7) is 3.75. The van der Waals surface area contributed by atoms with Gasteiger partial charge in [0, 0.05) is 31.4 Å². The quantitative estimate of drug-likeness (QED) is 0.804. The number of benzene rings is 2. The molecule has 0 spiro atoms. The van der Waals surface area contributed by atoms with Gasteiger partial charge in [0.2, 0.25) is 6.17 Å². The Bertz CT molecular complexity index is 981. The first-order valence-corrected chi connectivity index (χ1v) is 10.4. The van der Waals surface area contributed by atoms with Gasteiger partial charge in [-0.05, 0) is 56.0 Å². The number of likely N-dealkylation sites (N-methyl/N-ethyl adjacent to an activating group) is 1. The molecule has 7 nitrogen and oxygen atoms in total. The summed E-state index contributed by atoms with van der Waals surface area (Å²) in [5, 5.41) is 5.55. The maximum absolute atomic E-state index is 13.1. The number of carbonyl (C=O) groups excluding carboxylic acids is 2. The number of hydrogen-bond acceptors (Lipinski definition) is 4. The number of nitrogens with zero attached hydrogens (tertiary/aromatic N) is 3. The number of aryl methyl sites for hydroxylation is 1. The van der Waals surface area contributed by atoms with Gasteiger partial charge in [-0.2, -0.15) is 0 Å². The molecule has 2 aromatic carbocycles. The fourth-order valence-electron chi connectivity index (χ4n) is 3.97. The molecule has 0 radical (unpaired) electrons. The molecule has 30 heavy (non-hydrogen) atoms. The molecule has 2 aliphatic rings. The van der Waals surface area contributed by atoms with E-state index in [4.69, 9.17) is 4.99 Å². The first-order valence-electron chi connectivity index (χ1n) is 10.4. The van der Waals surface area contributed by atoms with Crippen LogP contribution in [-0.4, -0.2) is 49.0 Å². The number of anilines is 2. The third kappa shape index (κ3) is 4.15. The fraction of sp³-hybridized carbons (Fsp3) is 0.348. The Morgan fingerprint density at radius 3 is 2.60 bits per heavy atom. The van der Waals surface area contributed by atoms with Crippen LogP contribution in [0, 0.1) is 6.92 Å². The number of urea groups is 1. The van der Waals surface area contributed by atoms with E-state index in [1.807, 2.05) is 55.5 Å². The zero-order chi connectivity index (χ0) is 21.1. The summed E-state index contributed by atoms with van der Waals surface area (Å²) in [6.07, 6.45) is 2.39. The van der Waals surface area contributed by atoms with Crippen molar-refractivity contribution >= 4 is 29.1 Å². The molecule has 1 saturated heterocycles. The van der Waals surface area contributed by atoms with E-state index in [9.17, 15) is 9.59 Å². The van der Waals surface area contributed by atoms with Gasteiger partial charge in [-0.1, -0.05) is 24.3 Å². The topological polar surface area (TPSA) is 77.0 Å². The van der Waals surface area contributed by atoms with Crippen LogP contribution in [0.25, 0.3) is 0 Å². The van der Waals surface area contributed by atoms with E-state index in [-0.39, 0.29) is 5.91 Å². The number of para-hydroxylation sites is 1. The molecule has 0 aromatic heterocycles. The fourth-order valence-corrected chi connectivity index (χ4v) is 3.97. The Balaban J connectivity index is 1.63. The van der Waals surface area contributed by atoms with Crippen molar-refractivity contribution in [2.24, 2.45) is 4.99 Å². The van der Waals surface area contributed by atoms with Crippen LogP contribution >= 0.6 is 0 Å². The Morgan fingerprint density at radius 1 is 1.07 bits per heavy atom. The molecule has 0 saturated carbocycles. The molecular formula is C23H27N5O2. The zero-order valence-electron chi connectivity index (χ0n) is 17.4. The van der Waals surface area contributed by atoms with E-state index < -0.39 is 12.2 Å². The number of amides is 3. The molecule has 0 bridgehead atoms. The van der Waals surface area contributed by atoms with Crippen LogP contribution in [0.1, 0.15) is 30.4 Å². The van der Waals surface area contributed by atoms with Crippen LogP contribution in [0.4, 0.5) is 16.2 Å². The highest BCUT2D eigenvalue weighted by Gasteiger charge is 2.32. The highest BCUT2D eigenvalue weighted by molar-refractivity contribution is 6.12. The van der Waals surface area contributed by atoms with E-state index in [0.717, 1.165) is 48.6 Å². The molecule has 4 rings (SSSR count). The predicted molar refractivity (Wildman–Crippen MR) is 119 cm³/mol. The minimum atomic E-state index is -0.996. The number of rotatable bonds is 2. The summed E-state index contributed by atoms with van der Waals surface area (Å²) >= 11 is 0. The average molecular weight is 406 g/mol. The lowest BCUT2D eigenvalue weighted by Crippen LogP contribution is -2.48. The minimum absolute atomic E-state index is 0.270. The summed E-state index contributed by atoms with van der Waals surface area (Å²) in [5.74, 6) is 0.498. The number of amidine groups is 1. The van der Waals surface area contributed by atoms with Crippen LogP contribution in [0.2, 0.25) is 0 Å². The number of piperidine rings is 1. The van der Waals surface area contributed by atoms with Gasteiger partial charge in [0.05, 0.1) is 5.69 Å². The van der Waals surface area contributed by atoms with Gasteiger partial charge in [-0.3, -0.25) is 4.79 Å². The van der Waals surface area contributed by atoms with Crippen molar-refractivity contribution in [3.63, 3.8) is 0 Å². The second-order valence-corrected chi connectivity index (χ2v) is 7.79. The number of likely N-dealkylation sites (tertiary alicyclic amines) is 1. The largest absolute Gasteiger partial charge is 0.356 e. The van der Waals surface area contributed by atoms with Crippen molar-refractivity contribution in [1.29, 1.82) is 0 Å². The van der Waals surface area contributed by atoms with Gasteiger partial charge >= 0.3 is 6.03 Å². The van der Waals surface area contributed by atoms with E-state index in [0.29, 0.717) is 5.69 Å². The Hall–Kier alpha value is -3.35. The maximum atomic E-state index is 13.1. The summed E-state index contributed by atoms with van der Waals surface area (Å²) in [6, 6.07) is 14.8. The molecule has 2 aliphatic heterocycles. The van der Waals surface area contributed by atoms with Crippen LogP contribution in [0.5, 0.6) is 0 Å². The second kappa shape index (κ2) is 8.57. The summed E-state index contributed by atoms with van der Waals surface area (Å²) < 4.78 is 0. The molecular weight excluding hydrogens is 378 g/mol. The van der Waals surface area contributed by atoms with E-state index >= 15 is 0 Å². The number of hydrogen-bond donors (Lipinski definition) is 2. The summed E-state index contributed by atoms with van der Waals surface area (Å²) in [4.78, 5) is 34.3. The third-order valence-electron chi connectivity index (χ3n) is 5.52. The van der Waals surface area contributed by atoms with Crippen molar-refractivity contribution in [3.8, 4) is 0 Å². The lowest BCUT2D eigenvalue weighted by Gasteiger charge is -2.30. The Kier molecular flexibility index (Phi) is 5.70. The maximum Gasteiger partial charge on any atom is 0.321 e. The van der Waals surface area contributed by atoms with Crippen LogP contribution in [-0.2, 0) is 4.79 Å². The first kappa shape index (κ1) is 19.9. The molecule has 2 heterocycles. The zero-order valence-corrected chi connectivity index (χ0v) is 17.4. The molecule has 2 aromatic rings. The van der Waals surface area contributed by atoms with E-state index in [1.165, 1.54) is 6.42 Å². The van der Waals surface area contributed by atoms with Gasteiger partial charge in [0.25, 0.3) is 5.91 Å². The molecule has 2 N–H and O–H groups in total. The molecule has 7 heteroatoms. The Labute approximate surface area is 176 Å². The highest BCUT2D eigenvalue weighted by atomic mass is 16.2. The molecule has 0 aliphatic carbocycles. The van der Waals surface area contributed by atoms with E-state index in [2.05, 4.69) is 15.5 Å².